The fraction of sp³-hybridized carbons (Fsp3) is 0.464. The molecule has 0 spiro atoms. The van der Waals surface area contributed by atoms with Crippen LogP contribution in [0.1, 0.15) is 68.4 Å². The Labute approximate surface area is 205 Å². The maximum atomic E-state index is 13.0. The van der Waals surface area contributed by atoms with Crippen LogP contribution in [0.25, 0.3) is 11.1 Å². The second kappa shape index (κ2) is 9.36. The van der Waals surface area contributed by atoms with Crippen LogP contribution in [-0.2, 0) is 14.3 Å². The number of carboxylic acids is 1. The molecule has 3 aliphatic rings. The average molecular weight is 477 g/mol. The highest BCUT2D eigenvalue weighted by Crippen LogP contribution is 2.46. The van der Waals surface area contributed by atoms with Crippen LogP contribution in [0.15, 0.2) is 48.5 Å². The lowest BCUT2D eigenvalue weighted by atomic mass is 9.79. The summed E-state index contributed by atoms with van der Waals surface area (Å²) in [6.45, 7) is 0.367. The molecule has 2 fully saturated rings. The summed E-state index contributed by atoms with van der Waals surface area (Å²) in [6.07, 6.45) is 5.13. The van der Waals surface area contributed by atoms with Crippen LogP contribution in [0.3, 0.4) is 0 Å². The molecule has 0 atom stereocenters. The largest absolute Gasteiger partial charge is 0.481 e. The fourth-order valence-electron chi connectivity index (χ4n) is 5.68. The van der Waals surface area contributed by atoms with Crippen LogP contribution in [0.4, 0.5) is 4.79 Å². The monoisotopic (exact) mass is 476 g/mol. The van der Waals surface area contributed by atoms with Gasteiger partial charge in [0.05, 0.1) is 11.0 Å². The number of ether oxygens (including phenoxy) is 1. The first kappa shape index (κ1) is 23.4. The van der Waals surface area contributed by atoms with E-state index in [9.17, 15) is 19.5 Å². The molecule has 0 radical (unpaired) electrons. The summed E-state index contributed by atoms with van der Waals surface area (Å²) >= 11 is 0. The molecule has 0 aliphatic heterocycles. The SMILES string of the molecule is O=C(CC1(NC(=O)OCC2c3ccccc3-c3ccccc32)CCCCC1)NCC1(C(=O)O)CC1. The third-order valence-corrected chi connectivity index (χ3v) is 7.95. The molecule has 0 heterocycles. The van der Waals surface area contributed by atoms with E-state index in [0.717, 1.165) is 30.4 Å². The molecule has 7 nitrogen and oxygen atoms in total. The molecule has 35 heavy (non-hydrogen) atoms. The van der Waals surface area contributed by atoms with Crippen molar-refractivity contribution in [2.75, 3.05) is 13.2 Å². The van der Waals surface area contributed by atoms with E-state index in [2.05, 4.69) is 34.9 Å². The van der Waals surface area contributed by atoms with E-state index in [4.69, 9.17) is 4.74 Å². The minimum absolute atomic E-state index is 0.0236. The van der Waals surface area contributed by atoms with Crippen molar-refractivity contribution >= 4 is 18.0 Å². The van der Waals surface area contributed by atoms with Gasteiger partial charge in [-0.05, 0) is 47.9 Å². The number of nitrogens with one attached hydrogen (secondary N) is 2. The summed E-state index contributed by atoms with van der Waals surface area (Å²) in [5, 5.41) is 15.2. The van der Waals surface area contributed by atoms with E-state index < -0.39 is 23.0 Å². The zero-order valence-corrected chi connectivity index (χ0v) is 19.8. The Morgan fingerprint density at radius 2 is 1.49 bits per heavy atom. The molecular formula is C28H32N2O5. The van der Waals surface area contributed by atoms with Gasteiger partial charge in [0.15, 0.2) is 0 Å². The Hall–Kier alpha value is -3.35. The van der Waals surface area contributed by atoms with Crippen molar-refractivity contribution in [2.45, 2.75) is 62.8 Å². The Morgan fingerprint density at radius 1 is 0.886 bits per heavy atom. The lowest BCUT2D eigenvalue weighted by molar-refractivity contribution is -0.143. The summed E-state index contributed by atoms with van der Waals surface area (Å²) in [5.41, 5.74) is 3.18. The van der Waals surface area contributed by atoms with Gasteiger partial charge in [-0.25, -0.2) is 4.79 Å². The molecule has 184 valence electrons. The van der Waals surface area contributed by atoms with Crippen LogP contribution in [0.2, 0.25) is 0 Å². The molecule has 5 rings (SSSR count). The van der Waals surface area contributed by atoms with Crippen molar-refractivity contribution < 1.29 is 24.2 Å². The van der Waals surface area contributed by atoms with Gasteiger partial charge in [-0.15, -0.1) is 0 Å². The number of carboxylic acid groups (broad SMARTS) is 1. The molecule has 2 aromatic rings. The Kier molecular flexibility index (Phi) is 6.26. The van der Waals surface area contributed by atoms with E-state index in [-0.39, 0.29) is 31.4 Å². The standard InChI is InChI=1S/C28H32N2O5/c31-24(29-18-27(14-15-27)25(32)33)16-28(12-6-1-7-13-28)30-26(34)35-17-23-21-10-4-2-8-19(21)20-9-3-5-11-22(20)23/h2-5,8-11,23H,1,6-7,12-18H2,(H,29,31)(H,30,34)(H,32,33). The maximum absolute atomic E-state index is 13.0. The maximum Gasteiger partial charge on any atom is 0.407 e. The van der Waals surface area contributed by atoms with Crippen molar-refractivity contribution in [1.29, 1.82) is 0 Å². The molecular weight excluding hydrogens is 444 g/mol. The molecule has 0 aromatic heterocycles. The highest BCUT2D eigenvalue weighted by Gasteiger charge is 2.50. The molecule has 2 amide bonds. The third-order valence-electron chi connectivity index (χ3n) is 7.95. The number of carbonyl (C=O) groups excluding carboxylic acids is 2. The molecule has 3 N–H and O–H groups in total. The summed E-state index contributed by atoms with van der Waals surface area (Å²) in [4.78, 5) is 37.1. The Morgan fingerprint density at radius 3 is 2.06 bits per heavy atom. The van der Waals surface area contributed by atoms with Crippen molar-refractivity contribution in [2.24, 2.45) is 5.41 Å². The van der Waals surface area contributed by atoms with Gasteiger partial charge >= 0.3 is 12.1 Å². The number of hydrogen-bond acceptors (Lipinski definition) is 4. The predicted octanol–water partition coefficient (Wildman–Crippen LogP) is 4.60. The highest BCUT2D eigenvalue weighted by atomic mass is 16.5. The van der Waals surface area contributed by atoms with Crippen LogP contribution >= 0.6 is 0 Å². The van der Waals surface area contributed by atoms with Gasteiger partial charge in [-0.1, -0.05) is 67.8 Å². The van der Waals surface area contributed by atoms with Crippen LogP contribution in [-0.4, -0.2) is 41.8 Å². The molecule has 7 heteroatoms. The number of aliphatic carboxylic acids is 1. The van der Waals surface area contributed by atoms with E-state index in [1.165, 1.54) is 11.1 Å². The second-order valence-electron chi connectivity index (χ2n) is 10.3. The second-order valence-corrected chi connectivity index (χ2v) is 10.3. The number of amides is 2. The molecule has 0 unspecified atom stereocenters. The van der Waals surface area contributed by atoms with Crippen molar-refractivity contribution in [3.63, 3.8) is 0 Å². The number of rotatable bonds is 8. The van der Waals surface area contributed by atoms with Gasteiger partial charge in [-0.3, -0.25) is 9.59 Å². The number of benzene rings is 2. The first-order valence-corrected chi connectivity index (χ1v) is 12.5. The third kappa shape index (κ3) is 4.77. The molecule has 0 saturated heterocycles. The van der Waals surface area contributed by atoms with Crippen molar-refractivity contribution in [3.05, 3.63) is 59.7 Å². The zero-order valence-electron chi connectivity index (χ0n) is 19.8. The minimum atomic E-state index is -0.859. The normalized spacial score (nSPS) is 19.2. The van der Waals surface area contributed by atoms with E-state index >= 15 is 0 Å². The first-order chi connectivity index (χ1) is 16.9. The van der Waals surface area contributed by atoms with Gasteiger partial charge in [0.2, 0.25) is 5.91 Å². The predicted molar refractivity (Wildman–Crippen MR) is 131 cm³/mol. The summed E-state index contributed by atoms with van der Waals surface area (Å²) < 4.78 is 5.75. The summed E-state index contributed by atoms with van der Waals surface area (Å²) in [5.74, 6) is -1.11. The molecule has 0 bridgehead atoms. The summed E-state index contributed by atoms with van der Waals surface area (Å²) in [6, 6.07) is 16.4. The quantitative estimate of drug-likeness (QED) is 0.517. The molecule has 2 aromatic carbocycles. The average Bonchev–Trinajstić information content (AvgIpc) is 3.59. The van der Waals surface area contributed by atoms with Crippen molar-refractivity contribution in [3.8, 4) is 11.1 Å². The molecule has 3 aliphatic carbocycles. The number of carbonyl (C=O) groups is 3. The first-order valence-electron chi connectivity index (χ1n) is 12.5. The minimum Gasteiger partial charge on any atom is -0.481 e. The number of alkyl carbamates (subject to hydrolysis) is 1. The van der Waals surface area contributed by atoms with Gasteiger partial charge in [0.25, 0.3) is 0 Å². The van der Waals surface area contributed by atoms with E-state index in [0.29, 0.717) is 25.7 Å². The lowest BCUT2D eigenvalue weighted by Crippen LogP contribution is -2.53. The molecule has 2 saturated carbocycles. The Balaban J connectivity index is 1.22. The zero-order chi connectivity index (χ0) is 24.5. The van der Waals surface area contributed by atoms with Crippen LogP contribution in [0, 0.1) is 5.41 Å². The van der Waals surface area contributed by atoms with Gasteiger partial charge < -0.3 is 20.5 Å². The Bertz CT molecular complexity index is 1090. The summed E-state index contributed by atoms with van der Waals surface area (Å²) in [7, 11) is 0. The fourth-order valence-corrected chi connectivity index (χ4v) is 5.68. The van der Waals surface area contributed by atoms with Gasteiger partial charge in [-0.2, -0.15) is 0 Å². The van der Waals surface area contributed by atoms with Crippen LogP contribution in [0.5, 0.6) is 0 Å². The van der Waals surface area contributed by atoms with Crippen molar-refractivity contribution in [1.82, 2.24) is 10.6 Å². The van der Waals surface area contributed by atoms with Gasteiger partial charge in [0.1, 0.15) is 6.61 Å². The van der Waals surface area contributed by atoms with Gasteiger partial charge in [0, 0.05) is 18.9 Å². The lowest BCUT2D eigenvalue weighted by Gasteiger charge is -2.37. The topological polar surface area (TPSA) is 105 Å². The number of fused-ring (bicyclic) bond motifs is 3. The number of hydrogen-bond donors (Lipinski definition) is 3. The highest BCUT2D eigenvalue weighted by molar-refractivity contribution is 5.82. The van der Waals surface area contributed by atoms with E-state index in [1.807, 2.05) is 24.3 Å². The van der Waals surface area contributed by atoms with Crippen LogP contribution < -0.4 is 10.6 Å². The van der Waals surface area contributed by atoms with E-state index in [1.54, 1.807) is 0 Å². The smallest absolute Gasteiger partial charge is 0.407 e.